The molecule has 0 saturated carbocycles. The van der Waals surface area contributed by atoms with Gasteiger partial charge in [-0.3, -0.25) is 0 Å². The van der Waals surface area contributed by atoms with Gasteiger partial charge in [0.2, 0.25) is 5.75 Å². The van der Waals surface area contributed by atoms with Crippen molar-refractivity contribution >= 4 is 27.5 Å². The van der Waals surface area contributed by atoms with E-state index in [-0.39, 0.29) is 5.97 Å². The molecule has 0 spiro atoms. The average Bonchev–Trinajstić information content (AvgIpc) is 2.64. The second kappa shape index (κ2) is 6.28. The molecule has 0 radical (unpaired) electrons. The minimum atomic E-state index is -0.374. The number of hydrogen-bond donors (Lipinski definition) is 0. The summed E-state index contributed by atoms with van der Waals surface area (Å²) < 4.78 is 21.2. The highest BCUT2D eigenvalue weighted by molar-refractivity contribution is 6.12. The number of methoxy groups -OCH3 is 4. The van der Waals surface area contributed by atoms with Crippen LogP contribution in [0.2, 0.25) is 0 Å². The van der Waals surface area contributed by atoms with E-state index >= 15 is 0 Å². The van der Waals surface area contributed by atoms with Crippen LogP contribution in [-0.2, 0) is 4.74 Å². The molecule has 3 rings (SSSR count). The standard InChI is InChI=1S/C19H18O5/c1-21-16-10-15-13(17(22-2)18(16)23-3)8-7-11-5-6-12(9-14(11)15)19(20)24-4/h5-10H,1-4H3. The highest BCUT2D eigenvalue weighted by Gasteiger charge is 2.18. The Morgan fingerprint density at radius 2 is 1.46 bits per heavy atom. The first-order valence-corrected chi connectivity index (χ1v) is 7.38. The summed E-state index contributed by atoms with van der Waals surface area (Å²) in [7, 11) is 6.11. The van der Waals surface area contributed by atoms with Crippen molar-refractivity contribution in [3.8, 4) is 17.2 Å². The van der Waals surface area contributed by atoms with Gasteiger partial charge in [0.05, 0.1) is 34.0 Å². The predicted molar refractivity (Wildman–Crippen MR) is 92.4 cm³/mol. The van der Waals surface area contributed by atoms with Crippen LogP contribution in [0.4, 0.5) is 0 Å². The summed E-state index contributed by atoms with van der Waals surface area (Å²) in [5.74, 6) is 1.33. The molecular weight excluding hydrogens is 308 g/mol. The first-order chi connectivity index (χ1) is 11.6. The van der Waals surface area contributed by atoms with E-state index in [9.17, 15) is 4.79 Å². The predicted octanol–water partition coefficient (Wildman–Crippen LogP) is 3.81. The topological polar surface area (TPSA) is 54.0 Å². The molecule has 5 heteroatoms. The Hall–Kier alpha value is -2.95. The van der Waals surface area contributed by atoms with E-state index < -0.39 is 0 Å². The van der Waals surface area contributed by atoms with E-state index in [4.69, 9.17) is 18.9 Å². The molecule has 24 heavy (non-hydrogen) atoms. The first kappa shape index (κ1) is 15.9. The summed E-state index contributed by atoms with van der Waals surface area (Å²) in [4.78, 5) is 11.8. The van der Waals surface area contributed by atoms with Gasteiger partial charge in [-0.1, -0.05) is 12.1 Å². The van der Waals surface area contributed by atoms with Crippen molar-refractivity contribution in [1.82, 2.24) is 0 Å². The number of carbonyl (C=O) groups excluding carboxylic acids is 1. The van der Waals surface area contributed by atoms with Crippen molar-refractivity contribution in [3.63, 3.8) is 0 Å². The Morgan fingerprint density at radius 3 is 2.08 bits per heavy atom. The van der Waals surface area contributed by atoms with E-state index in [0.29, 0.717) is 22.8 Å². The molecule has 124 valence electrons. The van der Waals surface area contributed by atoms with Crippen molar-refractivity contribution < 1.29 is 23.7 Å². The Morgan fingerprint density at radius 1 is 0.750 bits per heavy atom. The van der Waals surface area contributed by atoms with Crippen LogP contribution in [0.5, 0.6) is 17.2 Å². The molecule has 0 aliphatic heterocycles. The third-order valence-electron chi connectivity index (χ3n) is 4.06. The van der Waals surface area contributed by atoms with Gasteiger partial charge in [0, 0.05) is 5.39 Å². The molecule has 0 aromatic heterocycles. The maximum Gasteiger partial charge on any atom is 0.337 e. The average molecular weight is 326 g/mol. The first-order valence-electron chi connectivity index (χ1n) is 7.38. The minimum absolute atomic E-state index is 0.374. The lowest BCUT2D eigenvalue weighted by Crippen LogP contribution is -2.01. The zero-order valence-corrected chi connectivity index (χ0v) is 14.0. The van der Waals surface area contributed by atoms with Crippen LogP contribution in [0.3, 0.4) is 0 Å². The van der Waals surface area contributed by atoms with Crippen LogP contribution in [0, 0.1) is 0 Å². The Labute approximate surface area is 139 Å². The molecule has 3 aromatic carbocycles. The van der Waals surface area contributed by atoms with Gasteiger partial charge in [0.25, 0.3) is 0 Å². The van der Waals surface area contributed by atoms with Gasteiger partial charge in [-0.25, -0.2) is 4.79 Å². The van der Waals surface area contributed by atoms with Crippen LogP contribution in [0.25, 0.3) is 21.5 Å². The van der Waals surface area contributed by atoms with Gasteiger partial charge in [0.15, 0.2) is 11.5 Å². The van der Waals surface area contributed by atoms with Crippen molar-refractivity contribution in [2.45, 2.75) is 0 Å². The van der Waals surface area contributed by atoms with Gasteiger partial charge in [-0.2, -0.15) is 0 Å². The summed E-state index contributed by atoms with van der Waals surface area (Å²) in [5.41, 5.74) is 0.492. The summed E-state index contributed by atoms with van der Waals surface area (Å²) in [5, 5.41) is 3.71. The highest BCUT2D eigenvalue weighted by Crippen LogP contribution is 2.45. The van der Waals surface area contributed by atoms with E-state index in [0.717, 1.165) is 21.5 Å². The second-order valence-electron chi connectivity index (χ2n) is 5.23. The molecule has 3 aromatic rings. The molecule has 0 bridgehead atoms. The molecule has 0 aliphatic rings. The Bertz CT molecular complexity index is 930. The maximum atomic E-state index is 11.8. The van der Waals surface area contributed by atoms with E-state index in [1.54, 1.807) is 27.4 Å². The number of ether oxygens (including phenoxy) is 4. The number of carbonyl (C=O) groups is 1. The molecule has 0 aliphatic carbocycles. The van der Waals surface area contributed by atoms with Crippen LogP contribution in [0.15, 0.2) is 36.4 Å². The largest absolute Gasteiger partial charge is 0.493 e. The monoisotopic (exact) mass is 326 g/mol. The number of fused-ring (bicyclic) bond motifs is 3. The Kier molecular flexibility index (Phi) is 4.16. The zero-order valence-electron chi connectivity index (χ0n) is 14.0. The highest BCUT2D eigenvalue weighted by atomic mass is 16.5. The van der Waals surface area contributed by atoms with Crippen molar-refractivity contribution in [3.05, 3.63) is 42.0 Å². The van der Waals surface area contributed by atoms with Gasteiger partial charge >= 0.3 is 5.97 Å². The van der Waals surface area contributed by atoms with Gasteiger partial charge in [-0.15, -0.1) is 0 Å². The number of esters is 1. The third-order valence-corrected chi connectivity index (χ3v) is 4.06. The molecular formula is C19H18O5. The van der Waals surface area contributed by atoms with Gasteiger partial charge < -0.3 is 18.9 Å². The van der Waals surface area contributed by atoms with E-state index in [1.165, 1.54) is 7.11 Å². The van der Waals surface area contributed by atoms with Crippen molar-refractivity contribution in [2.24, 2.45) is 0 Å². The second-order valence-corrected chi connectivity index (χ2v) is 5.23. The lowest BCUT2D eigenvalue weighted by molar-refractivity contribution is 0.0601. The molecule has 0 saturated heterocycles. The van der Waals surface area contributed by atoms with Crippen LogP contribution < -0.4 is 14.2 Å². The number of rotatable bonds is 4. The zero-order chi connectivity index (χ0) is 17.3. The van der Waals surface area contributed by atoms with Crippen LogP contribution >= 0.6 is 0 Å². The molecule has 0 fully saturated rings. The summed E-state index contributed by atoms with van der Waals surface area (Å²) in [6, 6.07) is 11.3. The quantitative estimate of drug-likeness (QED) is 0.539. The Balaban J connectivity index is 2.43. The smallest absolute Gasteiger partial charge is 0.337 e. The SMILES string of the molecule is COC(=O)c1ccc2ccc3c(OC)c(OC)c(OC)cc3c2c1. The van der Waals surface area contributed by atoms with Crippen LogP contribution in [-0.4, -0.2) is 34.4 Å². The lowest BCUT2D eigenvalue weighted by Gasteiger charge is -2.16. The molecule has 0 N–H and O–H groups in total. The molecule has 0 atom stereocenters. The van der Waals surface area contributed by atoms with Crippen molar-refractivity contribution in [1.29, 1.82) is 0 Å². The van der Waals surface area contributed by atoms with Crippen molar-refractivity contribution in [2.75, 3.05) is 28.4 Å². The fraction of sp³-hybridized carbons (Fsp3) is 0.211. The van der Waals surface area contributed by atoms with Crippen LogP contribution in [0.1, 0.15) is 10.4 Å². The number of benzene rings is 3. The van der Waals surface area contributed by atoms with Gasteiger partial charge in [-0.05, 0) is 40.4 Å². The summed E-state index contributed by atoms with van der Waals surface area (Å²) in [6.45, 7) is 0. The fourth-order valence-electron chi connectivity index (χ4n) is 2.92. The lowest BCUT2D eigenvalue weighted by atomic mass is 9.98. The molecule has 0 heterocycles. The van der Waals surface area contributed by atoms with E-state index in [2.05, 4.69) is 0 Å². The minimum Gasteiger partial charge on any atom is -0.493 e. The maximum absolute atomic E-state index is 11.8. The molecule has 0 amide bonds. The summed E-state index contributed by atoms with van der Waals surface area (Å²) in [6.07, 6.45) is 0. The third kappa shape index (κ3) is 2.38. The fourth-order valence-corrected chi connectivity index (χ4v) is 2.92. The summed E-state index contributed by atoms with van der Waals surface area (Å²) >= 11 is 0. The molecule has 5 nitrogen and oxygen atoms in total. The molecule has 0 unspecified atom stereocenters. The van der Waals surface area contributed by atoms with E-state index in [1.807, 2.05) is 30.3 Å². The number of hydrogen-bond acceptors (Lipinski definition) is 5. The normalized spacial score (nSPS) is 10.7. The van der Waals surface area contributed by atoms with Gasteiger partial charge in [0.1, 0.15) is 0 Å².